The number of methoxy groups -OCH3 is 1. The first-order chi connectivity index (χ1) is 13.6. The molecule has 7 nitrogen and oxygen atoms in total. The highest BCUT2D eigenvalue weighted by atomic mass is 32.2. The summed E-state index contributed by atoms with van der Waals surface area (Å²) in [4.78, 5) is 27.2. The second-order valence-electron chi connectivity index (χ2n) is 7.33. The molecule has 29 heavy (non-hydrogen) atoms. The van der Waals surface area contributed by atoms with Crippen molar-refractivity contribution in [1.82, 2.24) is 9.21 Å². The summed E-state index contributed by atoms with van der Waals surface area (Å²) in [6, 6.07) is 14.1. The molecule has 1 unspecified atom stereocenters. The number of nitrogens with zero attached hydrogens (tertiary/aromatic N) is 2. The third-order valence-electron chi connectivity index (χ3n) is 5.31. The fourth-order valence-corrected chi connectivity index (χ4v) is 5.09. The largest absolute Gasteiger partial charge is 0.467 e. The molecule has 0 radical (unpaired) electrons. The van der Waals surface area contributed by atoms with Gasteiger partial charge in [0.1, 0.15) is 0 Å². The van der Waals surface area contributed by atoms with Gasteiger partial charge in [-0.25, -0.2) is 22.3 Å². The van der Waals surface area contributed by atoms with Crippen molar-refractivity contribution in [2.45, 2.75) is 37.2 Å². The Balaban J connectivity index is 2.07. The van der Waals surface area contributed by atoms with Crippen LogP contribution in [0, 0.1) is 6.92 Å². The zero-order valence-electron chi connectivity index (χ0n) is 16.8. The lowest BCUT2D eigenvalue weighted by atomic mass is 9.97. The van der Waals surface area contributed by atoms with E-state index in [9.17, 15) is 18.0 Å². The van der Waals surface area contributed by atoms with Gasteiger partial charge in [0.15, 0.2) is 5.54 Å². The lowest BCUT2D eigenvalue weighted by Crippen LogP contribution is -2.52. The number of benzene rings is 2. The number of ether oxygens (including phenoxy) is 1. The van der Waals surface area contributed by atoms with Gasteiger partial charge in [0.05, 0.1) is 24.6 Å². The first-order valence-corrected chi connectivity index (χ1v) is 10.6. The van der Waals surface area contributed by atoms with E-state index >= 15 is 0 Å². The summed E-state index contributed by atoms with van der Waals surface area (Å²) < 4.78 is 32.1. The number of aryl methyl sites for hydroxylation is 1. The molecule has 0 aromatic heterocycles. The Morgan fingerprint density at radius 3 is 2.24 bits per heavy atom. The van der Waals surface area contributed by atoms with Gasteiger partial charge >= 0.3 is 12.0 Å². The Morgan fingerprint density at radius 1 is 1.10 bits per heavy atom. The molecule has 2 atom stereocenters. The lowest BCUT2D eigenvalue weighted by molar-refractivity contribution is -0.151. The Labute approximate surface area is 170 Å². The molecule has 1 fully saturated rings. The molecule has 1 heterocycles. The molecule has 0 aliphatic carbocycles. The number of carbonyl (C=O) groups excluding carboxylic acids is 2. The average molecular weight is 416 g/mol. The maximum absolute atomic E-state index is 13.3. The molecule has 0 N–H and O–H groups in total. The second kappa shape index (κ2) is 7.51. The van der Waals surface area contributed by atoms with Crippen LogP contribution < -0.4 is 0 Å². The summed E-state index contributed by atoms with van der Waals surface area (Å²) in [5, 5.41) is 0. The molecule has 0 saturated carbocycles. The predicted molar refractivity (Wildman–Crippen MR) is 108 cm³/mol. The molecule has 8 heteroatoms. The Bertz CT molecular complexity index is 1020. The summed E-state index contributed by atoms with van der Waals surface area (Å²) >= 11 is 0. The number of hydrogen-bond acceptors (Lipinski definition) is 5. The Hall–Kier alpha value is -2.87. The molecule has 1 aliphatic rings. The van der Waals surface area contributed by atoms with Crippen LogP contribution in [-0.2, 0) is 19.6 Å². The van der Waals surface area contributed by atoms with E-state index in [1.54, 1.807) is 19.1 Å². The second-order valence-corrected chi connectivity index (χ2v) is 9.19. The van der Waals surface area contributed by atoms with Crippen molar-refractivity contribution in [3.8, 4) is 0 Å². The molecule has 3 rings (SSSR count). The summed E-state index contributed by atoms with van der Waals surface area (Å²) in [7, 11) is -2.91. The molecule has 2 aromatic carbocycles. The van der Waals surface area contributed by atoms with Crippen molar-refractivity contribution in [3.63, 3.8) is 0 Å². The third-order valence-corrected chi connectivity index (χ3v) is 7.04. The summed E-state index contributed by atoms with van der Waals surface area (Å²) in [6.07, 6.45) is 0. The van der Waals surface area contributed by atoms with Crippen molar-refractivity contribution in [3.05, 3.63) is 65.7 Å². The van der Waals surface area contributed by atoms with Crippen LogP contribution in [0.15, 0.2) is 59.5 Å². The van der Waals surface area contributed by atoms with E-state index in [0.29, 0.717) is 0 Å². The number of esters is 1. The number of rotatable bonds is 5. The maximum Gasteiger partial charge on any atom is 0.335 e. The third kappa shape index (κ3) is 3.48. The van der Waals surface area contributed by atoms with Crippen LogP contribution in [0.3, 0.4) is 0 Å². The van der Waals surface area contributed by atoms with Crippen molar-refractivity contribution in [2.75, 3.05) is 13.7 Å². The Kier molecular flexibility index (Phi) is 5.40. The van der Waals surface area contributed by atoms with Gasteiger partial charge in [-0.3, -0.25) is 4.90 Å². The topological polar surface area (TPSA) is 84.0 Å². The van der Waals surface area contributed by atoms with E-state index in [1.165, 1.54) is 31.1 Å². The van der Waals surface area contributed by atoms with Crippen molar-refractivity contribution in [2.24, 2.45) is 0 Å². The molecule has 1 saturated heterocycles. The molecule has 2 amide bonds. The van der Waals surface area contributed by atoms with Crippen LogP contribution in [0.25, 0.3) is 0 Å². The van der Waals surface area contributed by atoms with Gasteiger partial charge in [-0.15, -0.1) is 0 Å². The van der Waals surface area contributed by atoms with Gasteiger partial charge in [-0.05, 0) is 38.5 Å². The van der Waals surface area contributed by atoms with Crippen LogP contribution in [0.2, 0.25) is 0 Å². The first kappa shape index (κ1) is 20.9. The Morgan fingerprint density at radius 2 is 1.69 bits per heavy atom. The first-order valence-electron chi connectivity index (χ1n) is 9.19. The van der Waals surface area contributed by atoms with Gasteiger partial charge in [-0.2, -0.15) is 0 Å². The number of urea groups is 1. The predicted octanol–water partition coefficient (Wildman–Crippen LogP) is 3.11. The van der Waals surface area contributed by atoms with E-state index in [1.807, 2.05) is 37.3 Å². The zero-order chi connectivity index (χ0) is 21.4. The summed E-state index contributed by atoms with van der Waals surface area (Å²) in [5.41, 5.74) is 0.222. The van der Waals surface area contributed by atoms with Gasteiger partial charge in [0, 0.05) is 0 Å². The summed E-state index contributed by atoms with van der Waals surface area (Å²) in [5.74, 6) is -0.671. The number of amides is 2. The van der Waals surface area contributed by atoms with E-state index in [-0.39, 0.29) is 11.4 Å². The van der Waals surface area contributed by atoms with E-state index in [0.717, 1.165) is 15.4 Å². The SMILES string of the molecule is COC(=O)[C@@]1(C)CN(S(=O)(=O)c2ccc(C)cc2)C(=O)N1C(C)c1ccccc1. The van der Waals surface area contributed by atoms with E-state index in [2.05, 4.69) is 0 Å². The fourth-order valence-electron chi connectivity index (χ4n) is 3.64. The molecular weight excluding hydrogens is 392 g/mol. The molecule has 154 valence electrons. The highest BCUT2D eigenvalue weighted by Gasteiger charge is 2.57. The van der Waals surface area contributed by atoms with Crippen LogP contribution in [0.1, 0.15) is 31.0 Å². The van der Waals surface area contributed by atoms with Crippen LogP contribution in [-0.4, -0.2) is 48.8 Å². The minimum Gasteiger partial charge on any atom is -0.467 e. The maximum atomic E-state index is 13.3. The van der Waals surface area contributed by atoms with Crippen molar-refractivity contribution < 1.29 is 22.7 Å². The van der Waals surface area contributed by atoms with Crippen LogP contribution in [0.5, 0.6) is 0 Å². The summed E-state index contributed by atoms with van der Waals surface area (Å²) in [6.45, 7) is 4.80. The van der Waals surface area contributed by atoms with Crippen molar-refractivity contribution >= 4 is 22.0 Å². The van der Waals surface area contributed by atoms with E-state index in [4.69, 9.17) is 4.74 Å². The van der Waals surface area contributed by atoms with E-state index < -0.39 is 33.6 Å². The monoisotopic (exact) mass is 416 g/mol. The molecule has 2 aromatic rings. The standard InChI is InChI=1S/C21H24N2O5S/c1-15-10-12-18(13-11-15)29(26,27)22-14-21(3,19(24)28-4)23(20(22)25)16(2)17-8-6-5-7-9-17/h5-13,16H,14H2,1-4H3/t16?,21-/m1/s1. The normalized spacial score (nSPS) is 20.6. The van der Waals surface area contributed by atoms with Gasteiger partial charge in [0.25, 0.3) is 10.0 Å². The minimum atomic E-state index is -4.13. The average Bonchev–Trinajstić information content (AvgIpc) is 3.00. The van der Waals surface area contributed by atoms with Crippen molar-refractivity contribution in [1.29, 1.82) is 0 Å². The number of hydrogen-bond donors (Lipinski definition) is 0. The van der Waals surface area contributed by atoms with Gasteiger partial charge in [-0.1, -0.05) is 48.0 Å². The minimum absolute atomic E-state index is 0.00196. The zero-order valence-corrected chi connectivity index (χ0v) is 17.6. The lowest BCUT2D eigenvalue weighted by Gasteiger charge is -2.35. The smallest absolute Gasteiger partial charge is 0.335 e. The van der Waals surface area contributed by atoms with Crippen LogP contribution in [0.4, 0.5) is 4.79 Å². The number of sulfonamides is 1. The molecular formula is C21H24N2O5S. The highest BCUT2D eigenvalue weighted by Crippen LogP contribution is 2.38. The van der Waals surface area contributed by atoms with Gasteiger partial charge < -0.3 is 4.74 Å². The molecule has 1 aliphatic heterocycles. The molecule has 0 spiro atoms. The van der Waals surface area contributed by atoms with Gasteiger partial charge in [0.2, 0.25) is 0 Å². The number of carbonyl (C=O) groups is 2. The fraction of sp³-hybridized carbons (Fsp3) is 0.333. The van der Waals surface area contributed by atoms with Crippen LogP contribution >= 0.6 is 0 Å². The quantitative estimate of drug-likeness (QED) is 0.700. The molecule has 0 bridgehead atoms. The highest BCUT2D eigenvalue weighted by molar-refractivity contribution is 7.89.